The van der Waals surface area contributed by atoms with Crippen molar-refractivity contribution in [2.24, 2.45) is 11.8 Å². The zero-order valence-corrected chi connectivity index (χ0v) is 18.6. The number of nitrogens with zero attached hydrogens (tertiary/aromatic N) is 2. The van der Waals surface area contributed by atoms with Crippen LogP contribution < -0.4 is 10.2 Å². The Kier molecular flexibility index (Phi) is 5.35. The van der Waals surface area contributed by atoms with Gasteiger partial charge in [-0.15, -0.1) is 0 Å². The second-order valence-electron chi connectivity index (χ2n) is 9.73. The SMILES string of the molecule is CN1C(=O)Cc2ccc(-c3ccc(C[C@@H](C#N)CC(=O)C45CCC(CC4)CN5)cc3)cc21. The zero-order chi connectivity index (χ0) is 22.3. The number of anilines is 1. The lowest BCUT2D eigenvalue weighted by Gasteiger charge is -2.46. The van der Waals surface area contributed by atoms with Crippen LogP contribution in [0.25, 0.3) is 11.1 Å². The van der Waals surface area contributed by atoms with Crippen LogP contribution in [0.1, 0.15) is 43.2 Å². The lowest BCUT2D eigenvalue weighted by atomic mass is 9.68. The number of hydrogen-bond donors (Lipinski definition) is 1. The third kappa shape index (κ3) is 3.73. The van der Waals surface area contributed by atoms with E-state index in [2.05, 4.69) is 47.8 Å². The summed E-state index contributed by atoms with van der Waals surface area (Å²) in [5.41, 5.74) is 4.89. The fraction of sp³-hybridized carbons (Fsp3) is 0.444. The number of piperidine rings is 2. The van der Waals surface area contributed by atoms with E-state index in [9.17, 15) is 14.9 Å². The molecular formula is C27H29N3O2. The standard InChI is InChI=1S/C27H29N3O2/c1-30-24-14-22(6-7-23(24)15-26(30)32)21-4-2-18(3-5-21)12-20(16-28)13-25(31)27-10-8-19(9-11-27)17-29-27/h2-7,14,19-20,29H,8-13,15,17H2,1H3/t19?,20-,27?/m1/s1. The molecule has 2 aromatic rings. The molecule has 2 bridgehead atoms. The second kappa shape index (κ2) is 8.18. The first kappa shape index (κ1) is 20.9. The number of carbonyl (C=O) groups is 2. The summed E-state index contributed by atoms with van der Waals surface area (Å²) in [5.74, 6) is 0.765. The monoisotopic (exact) mass is 427 g/mol. The lowest BCUT2D eigenvalue weighted by molar-refractivity contribution is -0.129. The molecule has 0 unspecified atom stereocenters. The topological polar surface area (TPSA) is 73.2 Å². The van der Waals surface area contributed by atoms with Gasteiger partial charge in [-0.3, -0.25) is 9.59 Å². The van der Waals surface area contributed by atoms with E-state index in [4.69, 9.17) is 0 Å². The van der Waals surface area contributed by atoms with Gasteiger partial charge in [-0.05, 0) is 72.9 Å². The number of nitriles is 1. The van der Waals surface area contributed by atoms with Gasteiger partial charge in [0.05, 0.1) is 23.9 Å². The molecule has 4 aliphatic rings. The number of rotatable bonds is 6. The highest BCUT2D eigenvalue weighted by molar-refractivity contribution is 6.01. The van der Waals surface area contributed by atoms with Crippen LogP contribution in [0.4, 0.5) is 5.69 Å². The van der Waals surface area contributed by atoms with Crippen LogP contribution in [0.15, 0.2) is 42.5 Å². The van der Waals surface area contributed by atoms with Crippen LogP contribution in [0, 0.1) is 23.2 Å². The van der Waals surface area contributed by atoms with Gasteiger partial charge in [-0.2, -0.15) is 5.26 Å². The molecule has 1 atom stereocenters. The molecule has 2 saturated heterocycles. The Morgan fingerprint density at radius 1 is 1.19 bits per heavy atom. The van der Waals surface area contributed by atoms with Crippen molar-refractivity contribution >= 4 is 17.4 Å². The third-order valence-electron chi connectivity index (χ3n) is 7.77. The first-order valence-corrected chi connectivity index (χ1v) is 11.6. The predicted octanol–water partition coefficient (Wildman–Crippen LogP) is 4.05. The molecule has 5 nitrogen and oxygen atoms in total. The minimum Gasteiger partial charge on any atom is -0.315 e. The van der Waals surface area contributed by atoms with E-state index in [0.717, 1.165) is 66.1 Å². The quantitative estimate of drug-likeness (QED) is 0.755. The van der Waals surface area contributed by atoms with Gasteiger partial charge in [0.1, 0.15) is 0 Å². The Morgan fingerprint density at radius 2 is 1.91 bits per heavy atom. The summed E-state index contributed by atoms with van der Waals surface area (Å²) < 4.78 is 0. The number of likely N-dealkylation sites (N-methyl/N-ethyl adjacent to an activating group) is 1. The van der Waals surface area contributed by atoms with Gasteiger partial charge in [0.15, 0.2) is 5.78 Å². The van der Waals surface area contributed by atoms with Gasteiger partial charge < -0.3 is 10.2 Å². The minimum absolute atomic E-state index is 0.126. The normalized spacial score (nSPS) is 24.8. The fourth-order valence-corrected chi connectivity index (χ4v) is 5.59. The number of carbonyl (C=O) groups excluding carboxylic acids is 2. The third-order valence-corrected chi connectivity index (χ3v) is 7.77. The maximum Gasteiger partial charge on any atom is 0.231 e. The molecule has 1 amide bonds. The first-order chi connectivity index (χ1) is 15.5. The van der Waals surface area contributed by atoms with E-state index in [1.807, 2.05) is 13.1 Å². The van der Waals surface area contributed by atoms with Crippen LogP contribution in [0.3, 0.4) is 0 Å². The average molecular weight is 428 g/mol. The highest BCUT2D eigenvalue weighted by atomic mass is 16.2. The lowest BCUT2D eigenvalue weighted by Crippen LogP contribution is -2.60. The fourth-order valence-electron chi connectivity index (χ4n) is 5.59. The van der Waals surface area contributed by atoms with Crippen molar-refractivity contribution in [3.63, 3.8) is 0 Å². The average Bonchev–Trinajstić information content (AvgIpc) is 3.13. The molecule has 5 heteroatoms. The first-order valence-electron chi connectivity index (χ1n) is 11.6. The zero-order valence-electron chi connectivity index (χ0n) is 18.6. The molecule has 0 aromatic heterocycles. The van der Waals surface area contributed by atoms with Gasteiger partial charge >= 0.3 is 0 Å². The number of nitrogens with one attached hydrogen (secondary N) is 1. The summed E-state index contributed by atoms with van der Waals surface area (Å²) in [5, 5.41) is 13.2. The van der Waals surface area contributed by atoms with Crippen LogP contribution >= 0.6 is 0 Å². The molecule has 2 aromatic carbocycles. The summed E-state index contributed by atoms with van der Waals surface area (Å²) in [6, 6.07) is 16.8. The van der Waals surface area contributed by atoms with Crippen molar-refractivity contribution in [1.29, 1.82) is 5.26 Å². The molecule has 0 spiro atoms. The van der Waals surface area contributed by atoms with E-state index < -0.39 is 0 Å². The Morgan fingerprint density at radius 3 is 2.56 bits per heavy atom. The molecular weight excluding hydrogens is 398 g/mol. The van der Waals surface area contributed by atoms with Crippen molar-refractivity contribution in [1.82, 2.24) is 5.32 Å². The van der Waals surface area contributed by atoms with Crippen molar-refractivity contribution in [2.75, 3.05) is 18.5 Å². The molecule has 0 radical (unpaired) electrons. The summed E-state index contributed by atoms with van der Waals surface area (Å²) in [7, 11) is 1.82. The number of Topliss-reactive ketones (excluding diaryl/α,β-unsaturated/α-hetero) is 1. The predicted molar refractivity (Wildman–Crippen MR) is 124 cm³/mol. The summed E-state index contributed by atoms with van der Waals surface area (Å²) in [4.78, 5) is 26.7. The van der Waals surface area contributed by atoms with E-state index in [0.29, 0.717) is 19.3 Å². The molecule has 3 heterocycles. The number of fused-ring (bicyclic) bond motifs is 4. The molecule has 1 N–H and O–H groups in total. The summed E-state index contributed by atoms with van der Waals surface area (Å²) in [6.07, 6.45) is 5.48. The van der Waals surface area contributed by atoms with Crippen molar-refractivity contribution in [3.8, 4) is 17.2 Å². The molecule has 1 aliphatic carbocycles. The van der Waals surface area contributed by atoms with Crippen LogP contribution in [-0.2, 0) is 22.4 Å². The second-order valence-corrected chi connectivity index (χ2v) is 9.73. The van der Waals surface area contributed by atoms with Crippen molar-refractivity contribution < 1.29 is 9.59 Å². The maximum absolute atomic E-state index is 13.1. The molecule has 3 aliphatic heterocycles. The number of hydrogen-bond acceptors (Lipinski definition) is 4. The number of amides is 1. The highest BCUT2D eigenvalue weighted by Gasteiger charge is 2.45. The largest absolute Gasteiger partial charge is 0.315 e. The Hall–Kier alpha value is -2.97. The van der Waals surface area contributed by atoms with E-state index in [-0.39, 0.29) is 23.1 Å². The molecule has 164 valence electrons. The van der Waals surface area contributed by atoms with Gasteiger partial charge in [-0.1, -0.05) is 36.4 Å². The molecule has 1 saturated carbocycles. The Balaban J connectivity index is 1.26. The minimum atomic E-state index is -0.379. The van der Waals surface area contributed by atoms with Gasteiger partial charge in [0, 0.05) is 19.2 Å². The van der Waals surface area contributed by atoms with Gasteiger partial charge in [0.25, 0.3) is 0 Å². The smallest absolute Gasteiger partial charge is 0.231 e. The molecule has 3 fully saturated rings. The summed E-state index contributed by atoms with van der Waals surface area (Å²) >= 11 is 0. The van der Waals surface area contributed by atoms with Gasteiger partial charge in [0.2, 0.25) is 5.91 Å². The summed E-state index contributed by atoms with van der Waals surface area (Å²) in [6.45, 7) is 0.942. The Labute approximate surface area is 189 Å². The molecule has 6 rings (SSSR count). The number of benzene rings is 2. The van der Waals surface area contributed by atoms with Crippen LogP contribution in [0.2, 0.25) is 0 Å². The highest BCUT2D eigenvalue weighted by Crippen LogP contribution is 2.39. The maximum atomic E-state index is 13.1. The van der Waals surface area contributed by atoms with Gasteiger partial charge in [-0.25, -0.2) is 0 Å². The van der Waals surface area contributed by atoms with E-state index in [1.165, 1.54) is 0 Å². The Bertz CT molecular complexity index is 1080. The van der Waals surface area contributed by atoms with Crippen LogP contribution in [-0.4, -0.2) is 30.8 Å². The van der Waals surface area contributed by atoms with E-state index in [1.54, 1.807) is 4.90 Å². The molecule has 32 heavy (non-hydrogen) atoms. The number of ketones is 1. The van der Waals surface area contributed by atoms with Crippen molar-refractivity contribution in [2.45, 2.75) is 50.5 Å². The van der Waals surface area contributed by atoms with Crippen molar-refractivity contribution in [3.05, 3.63) is 53.6 Å². The van der Waals surface area contributed by atoms with E-state index >= 15 is 0 Å². The van der Waals surface area contributed by atoms with Crippen LogP contribution in [0.5, 0.6) is 0 Å².